The fourth-order valence-electron chi connectivity index (χ4n) is 1.43. The highest BCUT2D eigenvalue weighted by molar-refractivity contribution is 5.55. The molecule has 0 unspecified atom stereocenters. The smallest absolute Gasteiger partial charge is 0.211 e. The molecular weight excluding hydrogens is 204 g/mol. The average Bonchev–Trinajstić information content (AvgIpc) is 2.29. The lowest BCUT2D eigenvalue weighted by molar-refractivity contribution is 0.492. The zero-order valence-corrected chi connectivity index (χ0v) is 8.80. The maximum absolute atomic E-state index is 10.4. The van der Waals surface area contributed by atoms with E-state index in [4.69, 9.17) is 0 Å². The number of aliphatic imine (C=N–C) groups is 2. The molecule has 4 nitrogen and oxygen atoms in total. The minimum atomic E-state index is -1.28. The van der Waals surface area contributed by atoms with Gasteiger partial charge in [0.25, 0.3) is 0 Å². The second kappa shape index (κ2) is 4.99. The molecule has 80 valence electrons. The largest absolute Gasteiger partial charge is 0.237 e. The van der Waals surface area contributed by atoms with E-state index in [0.29, 0.717) is 5.56 Å². The van der Waals surface area contributed by atoms with E-state index in [2.05, 4.69) is 16.6 Å². The van der Waals surface area contributed by atoms with Gasteiger partial charge in [-0.25, -0.2) is 9.59 Å². The Morgan fingerprint density at radius 2 is 1.81 bits per heavy atom. The number of hydrogen-bond acceptors (Lipinski definition) is 4. The minimum absolute atomic E-state index is 0.608. The van der Waals surface area contributed by atoms with Crippen LogP contribution in [0.4, 0.5) is 0 Å². The molecule has 0 aliphatic carbocycles. The van der Waals surface area contributed by atoms with Crippen LogP contribution in [0, 0.1) is 0 Å². The molecule has 0 aliphatic rings. The van der Waals surface area contributed by atoms with E-state index >= 15 is 0 Å². The van der Waals surface area contributed by atoms with Crippen molar-refractivity contribution in [1.29, 1.82) is 0 Å². The lowest BCUT2D eigenvalue weighted by Gasteiger charge is -2.18. The Bertz CT molecular complexity index is 477. The maximum atomic E-state index is 10.4. The first-order chi connectivity index (χ1) is 7.68. The van der Waals surface area contributed by atoms with Crippen LogP contribution in [-0.2, 0) is 15.3 Å². The number of hydrogen-bond donors (Lipinski definition) is 0. The van der Waals surface area contributed by atoms with E-state index in [-0.39, 0.29) is 0 Å². The highest BCUT2D eigenvalue weighted by Gasteiger charge is 2.27. The summed E-state index contributed by atoms with van der Waals surface area (Å²) in [6, 6.07) is 7.09. The normalized spacial score (nSPS) is 12.8. The van der Waals surface area contributed by atoms with E-state index in [1.54, 1.807) is 24.3 Å². The predicted octanol–water partition coefficient (Wildman–Crippen LogP) is 2.17. The number of rotatable bonds is 4. The van der Waals surface area contributed by atoms with Gasteiger partial charge in [-0.3, -0.25) is 0 Å². The van der Waals surface area contributed by atoms with Gasteiger partial charge in [0.15, 0.2) is 5.66 Å². The standard InChI is InChI=1S/C12H10N2O2/c1-3-10-6-4-5-7-11(10)12(2,13-8-15)14-9-16/h3-7H,1H2,2H3. The molecule has 1 aromatic rings. The van der Waals surface area contributed by atoms with Crippen LogP contribution in [0.1, 0.15) is 18.1 Å². The van der Waals surface area contributed by atoms with Crippen LogP contribution in [0.3, 0.4) is 0 Å². The molecule has 0 atom stereocenters. The Hall–Kier alpha value is -2.28. The molecule has 1 aromatic carbocycles. The lowest BCUT2D eigenvalue weighted by atomic mass is 9.97. The Balaban J connectivity index is 3.48. The predicted molar refractivity (Wildman–Crippen MR) is 60.1 cm³/mol. The van der Waals surface area contributed by atoms with E-state index in [9.17, 15) is 9.59 Å². The third-order valence-electron chi connectivity index (χ3n) is 2.22. The quantitative estimate of drug-likeness (QED) is 0.569. The molecule has 0 aliphatic heterocycles. The van der Waals surface area contributed by atoms with Crippen LogP contribution in [-0.4, -0.2) is 12.2 Å². The van der Waals surface area contributed by atoms with E-state index in [1.165, 1.54) is 19.1 Å². The van der Waals surface area contributed by atoms with Crippen LogP contribution in [0.15, 0.2) is 40.8 Å². The van der Waals surface area contributed by atoms with Gasteiger partial charge >= 0.3 is 0 Å². The van der Waals surface area contributed by atoms with Crippen molar-refractivity contribution < 1.29 is 9.59 Å². The van der Waals surface area contributed by atoms with Gasteiger partial charge in [-0.05, 0) is 12.5 Å². The Morgan fingerprint density at radius 1 is 1.25 bits per heavy atom. The van der Waals surface area contributed by atoms with Gasteiger partial charge in [0.05, 0.1) is 0 Å². The Kier molecular flexibility index (Phi) is 3.67. The second-order valence-electron chi connectivity index (χ2n) is 3.22. The van der Waals surface area contributed by atoms with Gasteiger partial charge in [-0.2, -0.15) is 9.98 Å². The van der Waals surface area contributed by atoms with Gasteiger partial charge in [0, 0.05) is 5.56 Å². The van der Waals surface area contributed by atoms with Crippen molar-refractivity contribution in [3.8, 4) is 0 Å². The SMILES string of the molecule is C=Cc1ccccc1C(C)(N=C=O)N=C=O. The maximum Gasteiger partial charge on any atom is 0.237 e. The summed E-state index contributed by atoms with van der Waals surface area (Å²) in [4.78, 5) is 27.8. The molecular formula is C12H10N2O2. The zero-order valence-electron chi connectivity index (χ0n) is 8.80. The zero-order chi connectivity index (χ0) is 12.0. The minimum Gasteiger partial charge on any atom is -0.211 e. The first-order valence-electron chi connectivity index (χ1n) is 4.58. The summed E-state index contributed by atoms with van der Waals surface area (Å²) in [5, 5.41) is 0. The molecule has 0 saturated heterocycles. The summed E-state index contributed by atoms with van der Waals surface area (Å²) >= 11 is 0. The number of benzene rings is 1. The first kappa shape index (κ1) is 11.8. The topological polar surface area (TPSA) is 58.9 Å². The summed E-state index contributed by atoms with van der Waals surface area (Å²) in [7, 11) is 0. The summed E-state index contributed by atoms with van der Waals surface area (Å²) in [6.07, 6.45) is 4.43. The van der Waals surface area contributed by atoms with Gasteiger partial charge in [0.1, 0.15) is 0 Å². The Labute approximate surface area is 93.0 Å². The van der Waals surface area contributed by atoms with Gasteiger partial charge < -0.3 is 0 Å². The molecule has 0 N–H and O–H groups in total. The van der Waals surface area contributed by atoms with Crippen LogP contribution in [0.5, 0.6) is 0 Å². The molecule has 0 spiro atoms. The van der Waals surface area contributed by atoms with Crippen molar-refractivity contribution in [3.63, 3.8) is 0 Å². The third-order valence-corrected chi connectivity index (χ3v) is 2.22. The van der Waals surface area contributed by atoms with Crippen LogP contribution < -0.4 is 0 Å². The van der Waals surface area contributed by atoms with Crippen LogP contribution in [0.25, 0.3) is 6.08 Å². The first-order valence-corrected chi connectivity index (χ1v) is 4.58. The van der Waals surface area contributed by atoms with Crippen molar-refractivity contribution in [3.05, 3.63) is 42.0 Å². The highest BCUT2D eigenvalue weighted by atomic mass is 16.1. The van der Waals surface area contributed by atoms with Crippen molar-refractivity contribution in [2.45, 2.75) is 12.6 Å². The van der Waals surface area contributed by atoms with Crippen molar-refractivity contribution in [2.75, 3.05) is 0 Å². The third kappa shape index (κ3) is 2.20. The number of carbonyl (C=O) groups excluding carboxylic acids is 2. The molecule has 0 heterocycles. The molecule has 0 amide bonds. The molecule has 1 rings (SSSR count). The van der Waals surface area contributed by atoms with E-state index in [0.717, 1.165) is 5.56 Å². The van der Waals surface area contributed by atoms with E-state index in [1.807, 2.05) is 6.07 Å². The fraction of sp³-hybridized carbons (Fsp3) is 0.167. The Morgan fingerprint density at radius 3 is 2.31 bits per heavy atom. The fourth-order valence-corrected chi connectivity index (χ4v) is 1.43. The van der Waals surface area contributed by atoms with E-state index < -0.39 is 5.66 Å². The molecule has 4 heteroatoms. The summed E-state index contributed by atoms with van der Waals surface area (Å²) < 4.78 is 0. The molecule has 16 heavy (non-hydrogen) atoms. The highest BCUT2D eigenvalue weighted by Crippen LogP contribution is 2.29. The van der Waals surface area contributed by atoms with Gasteiger partial charge in [-0.15, -0.1) is 0 Å². The summed E-state index contributed by atoms with van der Waals surface area (Å²) in [6.45, 7) is 5.18. The second-order valence-corrected chi connectivity index (χ2v) is 3.22. The monoisotopic (exact) mass is 214 g/mol. The summed E-state index contributed by atoms with van der Waals surface area (Å²) in [5.74, 6) is 0. The van der Waals surface area contributed by atoms with Crippen molar-refractivity contribution >= 4 is 18.2 Å². The molecule has 0 radical (unpaired) electrons. The van der Waals surface area contributed by atoms with Crippen LogP contribution >= 0.6 is 0 Å². The van der Waals surface area contributed by atoms with Crippen molar-refractivity contribution in [1.82, 2.24) is 0 Å². The van der Waals surface area contributed by atoms with Crippen LogP contribution in [0.2, 0.25) is 0 Å². The van der Waals surface area contributed by atoms with Crippen molar-refractivity contribution in [2.24, 2.45) is 9.98 Å². The summed E-state index contributed by atoms with van der Waals surface area (Å²) in [5.41, 5.74) is 0.0774. The molecule has 0 fully saturated rings. The lowest BCUT2D eigenvalue weighted by Crippen LogP contribution is -2.17. The average molecular weight is 214 g/mol. The molecule has 0 saturated carbocycles. The van der Waals surface area contributed by atoms with Gasteiger partial charge in [0.2, 0.25) is 12.2 Å². The number of nitrogens with zero attached hydrogens (tertiary/aromatic N) is 2. The van der Waals surface area contributed by atoms with Gasteiger partial charge in [-0.1, -0.05) is 36.9 Å². The molecule has 0 bridgehead atoms. The number of isocyanates is 2. The molecule has 0 aromatic heterocycles.